The van der Waals surface area contributed by atoms with Crippen molar-refractivity contribution in [3.8, 4) is 5.75 Å². The van der Waals surface area contributed by atoms with Crippen molar-refractivity contribution in [1.82, 2.24) is 0 Å². The van der Waals surface area contributed by atoms with Crippen LogP contribution in [0, 0.1) is 5.82 Å². The molecule has 1 atom stereocenters. The van der Waals surface area contributed by atoms with E-state index in [1.165, 1.54) is 12.1 Å². The molecule has 14 heavy (non-hydrogen) atoms. The van der Waals surface area contributed by atoms with Gasteiger partial charge in [-0.25, -0.2) is 4.39 Å². The Morgan fingerprint density at radius 1 is 1.36 bits per heavy atom. The van der Waals surface area contributed by atoms with Crippen molar-refractivity contribution >= 4 is 0 Å². The van der Waals surface area contributed by atoms with Crippen molar-refractivity contribution in [2.45, 2.75) is 12.5 Å². The number of fused-ring (bicyclic) bond motifs is 1. The van der Waals surface area contributed by atoms with E-state index in [2.05, 4.69) is 0 Å². The van der Waals surface area contributed by atoms with Crippen LogP contribution in [0.1, 0.15) is 5.56 Å². The van der Waals surface area contributed by atoms with Gasteiger partial charge in [-0.2, -0.15) is 0 Å². The zero-order chi connectivity index (χ0) is 9.54. The molecule has 0 aliphatic carbocycles. The van der Waals surface area contributed by atoms with Gasteiger partial charge in [-0.1, -0.05) is 0 Å². The minimum atomic E-state index is -0.216. The van der Waals surface area contributed by atoms with E-state index in [4.69, 9.17) is 9.47 Å². The highest BCUT2D eigenvalue weighted by Crippen LogP contribution is 2.31. The first-order valence-electron chi connectivity index (χ1n) is 4.61. The molecular formula is C11H9FO2. The fourth-order valence-corrected chi connectivity index (χ4v) is 1.60. The Labute approximate surface area is 80.9 Å². The van der Waals surface area contributed by atoms with E-state index >= 15 is 0 Å². The van der Waals surface area contributed by atoms with Crippen molar-refractivity contribution in [2.75, 3.05) is 6.61 Å². The molecule has 2 heterocycles. The van der Waals surface area contributed by atoms with Crippen LogP contribution in [0.15, 0.2) is 30.0 Å². The number of halogens is 1. The molecule has 2 aliphatic heterocycles. The monoisotopic (exact) mass is 192 g/mol. The molecule has 1 fully saturated rings. The van der Waals surface area contributed by atoms with Crippen LogP contribution in [0.25, 0.3) is 0 Å². The van der Waals surface area contributed by atoms with E-state index in [1.54, 1.807) is 6.07 Å². The van der Waals surface area contributed by atoms with Gasteiger partial charge >= 0.3 is 0 Å². The molecule has 1 aromatic rings. The molecule has 0 spiro atoms. The van der Waals surface area contributed by atoms with E-state index in [-0.39, 0.29) is 11.9 Å². The average Bonchev–Trinajstić information content (AvgIpc) is 3.00. The highest BCUT2D eigenvalue weighted by molar-refractivity contribution is 5.40. The maximum Gasteiger partial charge on any atom is 0.138 e. The number of epoxide rings is 1. The molecule has 0 aromatic heterocycles. The Bertz CT molecular complexity index is 408. The van der Waals surface area contributed by atoms with Crippen LogP contribution in [0.5, 0.6) is 5.75 Å². The molecule has 72 valence electrons. The van der Waals surface area contributed by atoms with Gasteiger partial charge in [0.2, 0.25) is 0 Å². The smallest absolute Gasteiger partial charge is 0.138 e. The lowest BCUT2D eigenvalue weighted by Gasteiger charge is -2.16. The molecule has 2 nitrogen and oxygen atoms in total. The first-order chi connectivity index (χ1) is 6.83. The van der Waals surface area contributed by atoms with Gasteiger partial charge in [0.25, 0.3) is 0 Å². The largest absolute Gasteiger partial charge is 0.459 e. The highest BCUT2D eigenvalue weighted by Gasteiger charge is 2.31. The molecule has 3 rings (SSSR count). The minimum Gasteiger partial charge on any atom is -0.459 e. The number of hydrogen-bond acceptors (Lipinski definition) is 2. The van der Waals surface area contributed by atoms with Crippen LogP contribution in [0.3, 0.4) is 0 Å². The number of allylic oxidation sites excluding steroid dienone is 1. The summed E-state index contributed by atoms with van der Waals surface area (Å²) in [7, 11) is 0. The van der Waals surface area contributed by atoms with Gasteiger partial charge in [0, 0.05) is 5.56 Å². The maximum absolute atomic E-state index is 12.9. The predicted octanol–water partition coefficient (Wildman–Crippen LogP) is 2.04. The van der Waals surface area contributed by atoms with Gasteiger partial charge in [-0.3, -0.25) is 0 Å². The highest BCUT2D eigenvalue weighted by atomic mass is 19.1. The van der Waals surface area contributed by atoms with Crippen LogP contribution < -0.4 is 4.74 Å². The Morgan fingerprint density at radius 3 is 3.00 bits per heavy atom. The van der Waals surface area contributed by atoms with Crippen LogP contribution in [-0.2, 0) is 11.2 Å². The zero-order valence-electron chi connectivity index (χ0n) is 7.50. The Kier molecular flexibility index (Phi) is 1.61. The Balaban J connectivity index is 1.92. The van der Waals surface area contributed by atoms with E-state index < -0.39 is 0 Å². The van der Waals surface area contributed by atoms with Gasteiger partial charge < -0.3 is 9.47 Å². The van der Waals surface area contributed by atoms with E-state index in [1.807, 2.05) is 6.08 Å². The van der Waals surface area contributed by atoms with Crippen molar-refractivity contribution in [3.05, 3.63) is 41.4 Å². The summed E-state index contributed by atoms with van der Waals surface area (Å²) in [5.41, 5.74) is 0.898. The lowest BCUT2D eigenvalue weighted by molar-refractivity contribution is 0.329. The predicted molar refractivity (Wildman–Crippen MR) is 48.6 cm³/mol. The molecule has 2 aliphatic rings. The summed E-state index contributed by atoms with van der Waals surface area (Å²) in [6.45, 7) is 0.738. The standard InChI is InChI=1S/C11H9FO2/c12-8-2-4-9-7(5-8)1-3-10(14-9)11-6-13-11/h2-5,11H,1,6H2. The van der Waals surface area contributed by atoms with E-state index in [9.17, 15) is 4.39 Å². The molecule has 3 heteroatoms. The molecule has 1 aromatic carbocycles. The zero-order valence-corrected chi connectivity index (χ0v) is 7.50. The van der Waals surface area contributed by atoms with Crippen LogP contribution >= 0.6 is 0 Å². The average molecular weight is 192 g/mol. The van der Waals surface area contributed by atoms with E-state index in [0.717, 1.165) is 30.1 Å². The molecule has 0 N–H and O–H groups in total. The van der Waals surface area contributed by atoms with E-state index in [0.29, 0.717) is 0 Å². The van der Waals surface area contributed by atoms with Crippen molar-refractivity contribution in [3.63, 3.8) is 0 Å². The number of hydrogen-bond donors (Lipinski definition) is 0. The Hall–Kier alpha value is -1.35. The SMILES string of the molecule is Fc1ccc2c(c1)CC=C(C1CO1)O2. The van der Waals surface area contributed by atoms with Crippen LogP contribution in [-0.4, -0.2) is 12.7 Å². The number of rotatable bonds is 1. The summed E-state index contributed by atoms with van der Waals surface area (Å²) >= 11 is 0. The maximum atomic E-state index is 12.9. The summed E-state index contributed by atoms with van der Waals surface area (Å²) in [6, 6.07) is 4.59. The molecule has 0 bridgehead atoms. The molecule has 1 saturated heterocycles. The molecule has 1 unspecified atom stereocenters. The lowest BCUT2D eigenvalue weighted by Crippen LogP contribution is -2.09. The molecular weight excluding hydrogens is 183 g/mol. The minimum absolute atomic E-state index is 0.133. The first-order valence-corrected chi connectivity index (χ1v) is 4.61. The second-order valence-corrected chi connectivity index (χ2v) is 3.49. The normalized spacial score (nSPS) is 23.5. The fourth-order valence-electron chi connectivity index (χ4n) is 1.60. The lowest BCUT2D eigenvalue weighted by atomic mass is 10.1. The summed E-state index contributed by atoms with van der Waals surface area (Å²) in [6.07, 6.45) is 2.81. The third-order valence-corrected chi connectivity index (χ3v) is 2.42. The van der Waals surface area contributed by atoms with Crippen molar-refractivity contribution in [1.29, 1.82) is 0 Å². The number of ether oxygens (including phenoxy) is 2. The van der Waals surface area contributed by atoms with Gasteiger partial charge in [0.1, 0.15) is 23.4 Å². The first kappa shape index (κ1) is 8.00. The third-order valence-electron chi connectivity index (χ3n) is 2.42. The quantitative estimate of drug-likeness (QED) is 0.635. The number of benzene rings is 1. The van der Waals surface area contributed by atoms with Gasteiger partial charge in [-0.15, -0.1) is 0 Å². The Morgan fingerprint density at radius 2 is 2.21 bits per heavy atom. The second-order valence-electron chi connectivity index (χ2n) is 3.49. The summed E-state index contributed by atoms with van der Waals surface area (Å²) in [4.78, 5) is 0. The molecule has 0 saturated carbocycles. The topological polar surface area (TPSA) is 21.8 Å². The van der Waals surface area contributed by atoms with Crippen molar-refractivity contribution < 1.29 is 13.9 Å². The fraction of sp³-hybridized carbons (Fsp3) is 0.273. The molecule has 0 amide bonds. The third kappa shape index (κ3) is 1.30. The van der Waals surface area contributed by atoms with Gasteiger partial charge in [0.15, 0.2) is 0 Å². The van der Waals surface area contributed by atoms with Gasteiger partial charge in [0.05, 0.1) is 6.61 Å². The van der Waals surface area contributed by atoms with Crippen LogP contribution in [0.4, 0.5) is 4.39 Å². The summed E-state index contributed by atoms with van der Waals surface area (Å²) < 4.78 is 23.6. The van der Waals surface area contributed by atoms with Crippen LogP contribution in [0.2, 0.25) is 0 Å². The second kappa shape index (κ2) is 2.82. The molecule has 0 radical (unpaired) electrons. The summed E-state index contributed by atoms with van der Waals surface area (Å²) in [5.74, 6) is 1.40. The summed E-state index contributed by atoms with van der Waals surface area (Å²) in [5, 5.41) is 0. The van der Waals surface area contributed by atoms with Crippen molar-refractivity contribution in [2.24, 2.45) is 0 Å². The van der Waals surface area contributed by atoms with Gasteiger partial charge in [-0.05, 0) is 30.7 Å².